The predicted molar refractivity (Wildman–Crippen MR) is 114 cm³/mol. The van der Waals surface area contributed by atoms with Gasteiger partial charge in [0.2, 0.25) is 10.0 Å². The molecule has 7 nitrogen and oxygen atoms in total. The molecule has 0 bridgehead atoms. The van der Waals surface area contributed by atoms with Gasteiger partial charge >= 0.3 is 0 Å². The van der Waals surface area contributed by atoms with E-state index in [-0.39, 0.29) is 0 Å². The summed E-state index contributed by atoms with van der Waals surface area (Å²) < 4.78 is 32.0. The zero-order valence-corrected chi connectivity index (χ0v) is 18.2. The molecule has 0 saturated heterocycles. The van der Waals surface area contributed by atoms with Crippen LogP contribution in [0.2, 0.25) is 0 Å². The van der Waals surface area contributed by atoms with Crippen LogP contribution in [0.4, 0.5) is 5.69 Å². The Labute approximate surface area is 173 Å². The fourth-order valence-corrected chi connectivity index (χ4v) is 3.51. The number of sulfonamides is 1. The summed E-state index contributed by atoms with van der Waals surface area (Å²) in [7, 11) is -3.71. The summed E-state index contributed by atoms with van der Waals surface area (Å²) in [6.45, 7) is 3.51. The topological polar surface area (TPSA) is 88.1 Å². The second kappa shape index (κ2) is 9.70. The van der Waals surface area contributed by atoms with Crippen LogP contribution >= 0.6 is 15.9 Å². The largest absolute Gasteiger partial charge is 0.492 e. The molecule has 0 spiro atoms. The molecule has 0 atom stereocenters. The lowest BCUT2D eigenvalue weighted by atomic mass is 10.1. The molecule has 28 heavy (non-hydrogen) atoms. The van der Waals surface area contributed by atoms with Gasteiger partial charge in [0.1, 0.15) is 12.3 Å². The number of carbonyl (C=O) groups is 1. The number of ether oxygens (including phenoxy) is 1. The van der Waals surface area contributed by atoms with Gasteiger partial charge in [0.15, 0.2) is 0 Å². The fraction of sp³-hybridized carbons (Fsp3) is 0.263. The van der Waals surface area contributed by atoms with E-state index in [0.717, 1.165) is 20.6 Å². The van der Waals surface area contributed by atoms with Gasteiger partial charge in [-0.2, -0.15) is 5.10 Å². The Hall–Kier alpha value is -2.39. The van der Waals surface area contributed by atoms with Crippen molar-refractivity contribution in [3.63, 3.8) is 0 Å². The van der Waals surface area contributed by atoms with Gasteiger partial charge in [-0.3, -0.25) is 9.10 Å². The number of hydrogen-bond acceptors (Lipinski definition) is 5. The summed E-state index contributed by atoms with van der Waals surface area (Å²) in [5.41, 5.74) is 4.15. The molecular weight excluding hydrogens is 446 g/mol. The fourth-order valence-electron chi connectivity index (χ4n) is 2.39. The Kier molecular flexibility index (Phi) is 7.59. The van der Waals surface area contributed by atoms with Crippen molar-refractivity contribution < 1.29 is 17.9 Å². The first-order valence-electron chi connectivity index (χ1n) is 8.51. The number of benzene rings is 2. The van der Waals surface area contributed by atoms with Crippen LogP contribution in [0.5, 0.6) is 5.75 Å². The summed E-state index contributed by atoms with van der Waals surface area (Å²) in [4.78, 5) is 12.4. The maximum absolute atomic E-state index is 12.4. The zero-order valence-electron chi connectivity index (χ0n) is 15.8. The van der Waals surface area contributed by atoms with Gasteiger partial charge in [-0.15, -0.1) is 0 Å². The highest BCUT2D eigenvalue weighted by atomic mass is 79.9. The van der Waals surface area contributed by atoms with E-state index in [0.29, 0.717) is 23.8 Å². The van der Waals surface area contributed by atoms with E-state index in [1.165, 1.54) is 0 Å². The second-order valence-electron chi connectivity index (χ2n) is 5.91. The minimum absolute atomic E-state index is 0.301. The minimum Gasteiger partial charge on any atom is -0.492 e. The van der Waals surface area contributed by atoms with Crippen LogP contribution < -0.4 is 14.5 Å². The first kappa shape index (κ1) is 21.9. The van der Waals surface area contributed by atoms with Crippen molar-refractivity contribution in [3.8, 4) is 5.75 Å². The van der Waals surface area contributed by atoms with Crippen LogP contribution in [0.15, 0.2) is 58.1 Å². The molecule has 1 amide bonds. The van der Waals surface area contributed by atoms with E-state index in [4.69, 9.17) is 4.74 Å². The number of para-hydroxylation sites is 2. The number of anilines is 1. The Bertz CT molecular complexity index is 959. The number of nitrogens with one attached hydrogen (secondary N) is 1. The van der Waals surface area contributed by atoms with Crippen LogP contribution in [0.25, 0.3) is 0 Å². The molecule has 0 unspecified atom stereocenters. The average molecular weight is 468 g/mol. The van der Waals surface area contributed by atoms with Gasteiger partial charge in [0.05, 0.1) is 24.3 Å². The quantitative estimate of drug-likeness (QED) is 0.476. The van der Waals surface area contributed by atoms with Crippen molar-refractivity contribution in [2.24, 2.45) is 5.10 Å². The summed E-state index contributed by atoms with van der Waals surface area (Å²) in [6.07, 6.45) is 1.04. The highest BCUT2D eigenvalue weighted by Gasteiger charge is 2.23. The third-order valence-corrected chi connectivity index (χ3v) is 5.39. The molecule has 9 heteroatoms. The Morgan fingerprint density at radius 2 is 1.82 bits per heavy atom. The lowest BCUT2D eigenvalue weighted by molar-refractivity contribution is -0.119. The van der Waals surface area contributed by atoms with Crippen molar-refractivity contribution in [1.29, 1.82) is 0 Å². The van der Waals surface area contributed by atoms with Crippen molar-refractivity contribution in [2.75, 3.05) is 23.7 Å². The number of rotatable bonds is 8. The highest BCUT2D eigenvalue weighted by molar-refractivity contribution is 9.10. The maximum Gasteiger partial charge on any atom is 0.260 e. The third kappa shape index (κ3) is 6.07. The van der Waals surface area contributed by atoms with E-state index in [1.807, 2.05) is 24.3 Å². The first-order chi connectivity index (χ1) is 13.2. The molecule has 150 valence electrons. The molecular formula is C19H22BrN3O4S. The molecule has 0 aliphatic heterocycles. The molecule has 0 saturated carbocycles. The predicted octanol–water partition coefficient (Wildman–Crippen LogP) is 3.15. The summed E-state index contributed by atoms with van der Waals surface area (Å²) in [5.74, 6) is -0.175. The second-order valence-corrected chi connectivity index (χ2v) is 8.73. The highest BCUT2D eigenvalue weighted by Crippen LogP contribution is 2.29. The lowest BCUT2D eigenvalue weighted by Gasteiger charge is -2.23. The summed E-state index contributed by atoms with van der Waals surface area (Å²) in [5, 5.41) is 4.06. The van der Waals surface area contributed by atoms with Crippen LogP contribution in [0.1, 0.15) is 19.4 Å². The van der Waals surface area contributed by atoms with Crippen molar-refractivity contribution in [2.45, 2.75) is 13.8 Å². The lowest BCUT2D eigenvalue weighted by Crippen LogP contribution is -2.39. The van der Waals surface area contributed by atoms with E-state index in [1.54, 1.807) is 38.1 Å². The van der Waals surface area contributed by atoms with E-state index < -0.39 is 22.5 Å². The van der Waals surface area contributed by atoms with Gasteiger partial charge in [-0.25, -0.2) is 13.8 Å². The molecule has 0 aliphatic carbocycles. The van der Waals surface area contributed by atoms with Gasteiger partial charge in [-0.05, 0) is 43.7 Å². The van der Waals surface area contributed by atoms with Crippen LogP contribution in [0, 0.1) is 0 Å². The van der Waals surface area contributed by atoms with E-state index >= 15 is 0 Å². The molecule has 0 fully saturated rings. The summed E-state index contributed by atoms with van der Waals surface area (Å²) >= 11 is 3.36. The number of halogens is 1. The van der Waals surface area contributed by atoms with Crippen LogP contribution in [0.3, 0.4) is 0 Å². The maximum atomic E-state index is 12.4. The van der Waals surface area contributed by atoms with Crippen molar-refractivity contribution in [3.05, 3.63) is 58.6 Å². The molecule has 0 aromatic heterocycles. The number of nitrogens with zero attached hydrogens (tertiary/aromatic N) is 2. The van der Waals surface area contributed by atoms with Crippen LogP contribution in [-0.2, 0) is 14.8 Å². The minimum atomic E-state index is -3.71. The van der Waals surface area contributed by atoms with Crippen LogP contribution in [-0.4, -0.2) is 39.4 Å². The van der Waals surface area contributed by atoms with Gasteiger partial charge in [-0.1, -0.05) is 40.2 Å². The van der Waals surface area contributed by atoms with Gasteiger partial charge in [0, 0.05) is 4.47 Å². The average Bonchev–Trinajstić information content (AvgIpc) is 2.65. The first-order valence-corrected chi connectivity index (χ1v) is 11.1. The smallest absolute Gasteiger partial charge is 0.260 e. The molecule has 0 aliphatic rings. The molecule has 2 aromatic carbocycles. The Morgan fingerprint density at radius 1 is 1.18 bits per heavy atom. The van der Waals surface area contributed by atoms with E-state index in [9.17, 15) is 13.2 Å². The number of carbonyl (C=O) groups excluding carboxylic acids is 1. The standard InChI is InChI=1S/C19H22BrN3O4S/c1-4-27-18-8-6-5-7-17(18)23(28(3,25)26)13-19(24)22-21-14(2)15-9-11-16(20)12-10-15/h5-12H,4,13H2,1-3H3,(H,22,24)/b21-14-. The van der Waals surface area contributed by atoms with Crippen molar-refractivity contribution >= 4 is 43.3 Å². The Morgan fingerprint density at radius 3 is 2.43 bits per heavy atom. The van der Waals surface area contributed by atoms with Gasteiger partial charge < -0.3 is 4.74 Å². The van der Waals surface area contributed by atoms with Gasteiger partial charge in [0.25, 0.3) is 5.91 Å². The molecule has 1 N–H and O–H groups in total. The Balaban J connectivity index is 2.18. The van der Waals surface area contributed by atoms with E-state index in [2.05, 4.69) is 26.5 Å². The normalized spacial score (nSPS) is 11.8. The number of hydrogen-bond donors (Lipinski definition) is 1. The molecule has 0 radical (unpaired) electrons. The molecule has 2 aromatic rings. The summed E-state index contributed by atoms with van der Waals surface area (Å²) in [6, 6.07) is 14.1. The number of amides is 1. The number of hydrazone groups is 1. The molecule has 0 heterocycles. The van der Waals surface area contributed by atoms with Crippen molar-refractivity contribution in [1.82, 2.24) is 5.43 Å². The SMILES string of the molecule is CCOc1ccccc1N(CC(=O)N/N=C(/C)c1ccc(Br)cc1)S(C)(=O)=O. The monoisotopic (exact) mass is 467 g/mol. The zero-order chi connectivity index (χ0) is 20.7. The molecule has 2 rings (SSSR count). The third-order valence-electron chi connectivity index (χ3n) is 3.73.